The van der Waals surface area contributed by atoms with Crippen LogP contribution in [0.4, 0.5) is 0 Å². The van der Waals surface area contributed by atoms with E-state index in [1.807, 2.05) is 0 Å². The summed E-state index contributed by atoms with van der Waals surface area (Å²) in [5.74, 6) is 0.897. The van der Waals surface area contributed by atoms with Crippen LogP contribution in [0.5, 0.6) is 0 Å². The average molecular weight is 192 g/mol. The monoisotopic (exact) mass is 192 g/mol. The van der Waals surface area contributed by atoms with Crippen LogP contribution >= 0.6 is 0 Å². The third-order valence-corrected chi connectivity index (χ3v) is 3.97. The van der Waals surface area contributed by atoms with E-state index in [1.54, 1.807) is 0 Å². The van der Waals surface area contributed by atoms with E-state index in [9.17, 15) is 0 Å². The molecule has 1 saturated carbocycles. The first-order valence-corrected chi connectivity index (χ1v) is 5.98. The average Bonchev–Trinajstić information content (AvgIpc) is 2.27. The molecular formula is C12H20N2. The molecule has 2 rings (SSSR count). The highest BCUT2D eigenvalue weighted by atomic mass is 15.2. The minimum Gasteiger partial charge on any atom is -0.285 e. The molecule has 0 aromatic rings. The second-order valence-corrected chi connectivity index (χ2v) is 4.80. The van der Waals surface area contributed by atoms with Gasteiger partial charge < -0.3 is 0 Å². The van der Waals surface area contributed by atoms with Gasteiger partial charge in [0.2, 0.25) is 0 Å². The molecule has 0 radical (unpaired) electrons. The van der Waals surface area contributed by atoms with Crippen molar-refractivity contribution in [3.8, 4) is 6.07 Å². The Morgan fingerprint density at radius 3 is 2.71 bits per heavy atom. The molecule has 1 unspecified atom stereocenters. The molecule has 2 nitrogen and oxygen atoms in total. The SMILES string of the molecule is CC(C#N)N1CCC[C@H]2CCCC[C@H]21. The number of nitriles is 1. The van der Waals surface area contributed by atoms with E-state index in [4.69, 9.17) is 5.26 Å². The van der Waals surface area contributed by atoms with Gasteiger partial charge in [-0.2, -0.15) is 5.26 Å². The molecule has 14 heavy (non-hydrogen) atoms. The van der Waals surface area contributed by atoms with E-state index in [2.05, 4.69) is 17.9 Å². The maximum absolute atomic E-state index is 8.99. The minimum absolute atomic E-state index is 0.126. The Bertz CT molecular complexity index is 229. The lowest BCUT2D eigenvalue weighted by atomic mass is 9.78. The van der Waals surface area contributed by atoms with E-state index in [-0.39, 0.29) is 6.04 Å². The van der Waals surface area contributed by atoms with Crippen molar-refractivity contribution in [2.45, 2.75) is 57.5 Å². The molecule has 0 spiro atoms. The van der Waals surface area contributed by atoms with Crippen molar-refractivity contribution >= 4 is 0 Å². The summed E-state index contributed by atoms with van der Waals surface area (Å²) in [5, 5.41) is 8.99. The highest BCUT2D eigenvalue weighted by molar-refractivity contribution is 4.96. The Kier molecular flexibility index (Phi) is 3.08. The summed E-state index contributed by atoms with van der Waals surface area (Å²) in [5.41, 5.74) is 0. The van der Waals surface area contributed by atoms with Crippen LogP contribution < -0.4 is 0 Å². The summed E-state index contributed by atoms with van der Waals surface area (Å²) in [6.45, 7) is 3.20. The van der Waals surface area contributed by atoms with Crippen LogP contribution in [-0.2, 0) is 0 Å². The topological polar surface area (TPSA) is 27.0 Å². The fourth-order valence-corrected chi connectivity index (χ4v) is 3.22. The van der Waals surface area contributed by atoms with Gasteiger partial charge in [0.1, 0.15) is 0 Å². The van der Waals surface area contributed by atoms with E-state index in [1.165, 1.54) is 38.5 Å². The lowest BCUT2D eigenvalue weighted by Crippen LogP contribution is -2.50. The molecular weight excluding hydrogens is 172 g/mol. The zero-order valence-corrected chi connectivity index (χ0v) is 9.08. The molecule has 1 aliphatic carbocycles. The molecule has 1 aliphatic heterocycles. The van der Waals surface area contributed by atoms with Crippen molar-refractivity contribution in [2.75, 3.05) is 6.54 Å². The van der Waals surface area contributed by atoms with E-state index >= 15 is 0 Å². The summed E-state index contributed by atoms with van der Waals surface area (Å²) in [7, 11) is 0. The van der Waals surface area contributed by atoms with Gasteiger partial charge in [-0.3, -0.25) is 4.90 Å². The fourth-order valence-electron chi connectivity index (χ4n) is 3.22. The molecule has 0 N–H and O–H groups in total. The number of hydrogen-bond donors (Lipinski definition) is 0. The van der Waals surface area contributed by atoms with E-state index in [0.717, 1.165) is 18.5 Å². The largest absolute Gasteiger partial charge is 0.285 e. The minimum atomic E-state index is 0.126. The molecule has 0 aromatic carbocycles. The summed E-state index contributed by atoms with van der Waals surface area (Å²) in [6.07, 6.45) is 8.22. The third-order valence-electron chi connectivity index (χ3n) is 3.97. The predicted molar refractivity (Wildman–Crippen MR) is 56.8 cm³/mol. The van der Waals surface area contributed by atoms with Gasteiger partial charge in [0, 0.05) is 6.04 Å². The molecule has 2 heteroatoms. The Hall–Kier alpha value is -0.550. The molecule has 0 amide bonds. The number of fused-ring (bicyclic) bond motifs is 1. The van der Waals surface area contributed by atoms with Gasteiger partial charge in [0.15, 0.2) is 0 Å². The van der Waals surface area contributed by atoms with Crippen LogP contribution in [0.15, 0.2) is 0 Å². The van der Waals surface area contributed by atoms with Gasteiger partial charge in [-0.15, -0.1) is 0 Å². The summed E-state index contributed by atoms with van der Waals surface area (Å²) < 4.78 is 0. The van der Waals surface area contributed by atoms with Crippen LogP contribution in [0, 0.1) is 17.2 Å². The summed E-state index contributed by atoms with van der Waals surface area (Å²) in [4.78, 5) is 2.45. The molecule has 78 valence electrons. The van der Waals surface area contributed by atoms with Gasteiger partial charge in [-0.1, -0.05) is 12.8 Å². The first kappa shape index (κ1) is 9.98. The Labute approximate surface area is 86.9 Å². The Balaban J connectivity index is 2.05. The van der Waals surface area contributed by atoms with E-state index in [0.29, 0.717) is 0 Å². The molecule has 2 aliphatic rings. The van der Waals surface area contributed by atoms with Crippen LogP contribution in [0.3, 0.4) is 0 Å². The first-order valence-electron chi connectivity index (χ1n) is 5.98. The molecule has 2 fully saturated rings. The Morgan fingerprint density at radius 2 is 1.93 bits per heavy atom. The molecule has 0 bridgehead atoms. The lowest BCUT2D eigenvalue weighted by Gasteiger charge is -2.45. The molecule has 0 aromatic heterocycles. The van der Waals surface area contributed by atoms with Crippen molar-refractivity contribution in [1.82, 2.24) is 4.90 Å². The van der Waals surface area contributed by atoms with Crippen molar-refractivity contribution in [2.24, 2.45) is 5.92 Å². The van der Waals surface area contributed by atoms with Crippen molar-refractivity contribution < 1.29 is 0 Å². The number of piperidine rings is 1. The Morgan fingerprint density at radius 1 is 1.21 bits per heavy atom. The molecule has 1 saturated heterocycles. The summed E-state index contributed by atoms with van der Waals surface area (Å²) >= 11 is 0. The zero-order chi connectivity index (χ0) is 9.97. The number of rotatable bonds is 1. The number of likely N-dealkylation sites (tertiary alicyclic amines) is 1. The van der Waals surface area contributed by atoms with Gasteiger partial charge in [0.05, 0.1) is 12.1 Å². The number of nitrogens with zero attached hydrogens (tertiary/aromatic N) is 2. The predicted octanol–water partition coefficient (Wildman–Crippen LogP) is 2.55. The van der Waals surface area contributed by atoms with Crippen molar-refractivity contribution in [3.63, 3.8) is 0 Å². The molecule has 1 heterocycles. The third kappa shape index (κ3) is 1.79. The fraction of sp³-hybridized carbons (Fsp3) is 0.917. The van der Waals surface area contributed by atoms with Gasteiger partial charge in [-0.25, -0.2) is 0 Å². The lowest BCUT2D eigenvalue weighted by molar-refractivity contribution is 0.0473. The van der Waals surface area contributed by atoms with Crippen molar-refractivity contribution in [3.05, 3.63) is 0 Å². The highest BCUT2D eigenvalue weighted by Gasteiger charge is 2.35. The van der Waals surface area contributed by atoms with Gasteiger partial charge in [-0.05, 0) is 45.1 Å². The van der Waals surface area contributed by atoms with E-state index < -0.39 is 0 Å². The normalized spacial score (nSPS) is 35.7. The standard InChI is InChI=1S/C12H20N2/c1-10(9-13)14-8-4-6-11-5-2-3-7-12(11)14/h10-12H,2-8H2,1H3/t10?,11-,12-/m1/s1. The highest BCUT2D eigenvalue weighted by Crippen LogP contribution is 2.35. The maximum Gasteiger partial charge on any atom is 0.0951 e. The quantitative estimate of drug-likeness (QED) is 0.638. The van der Waals surface area contributed by atoms with Gasteiger partial charge >= 0.3 is 0 Å². The number of hydrogen-bond acceptors (Lipinski definition) is 2. The smallest absolute Gasteiger partial charge is 0.0951 e. The second-order valence-electron chi connectivity index (χ2n) is 4.80. The maximum atomic E-state index is 8.99. The van der Waals surface area contributed by atoms with Crippen LogP contribution in [0.1, 0.15) is 45.4 Å². The molecule has 3 atom stereocenters. The first-order chi connectivity index (χ1) is 6.83. The second kappa shape index (κ2) is 4.31. The zero-order valence-electron chi connectivity index (χ0n) is 9.08. The van der Waals surface area contributed by atoms with Crippen LogP contribution in [0.25, 0.3) is 0 Å². The van der Waals surface area contributed by atoms with Crippen molar-refractivity contribution in [1.29, 1.82) is 5.26 Å². The van der Waals surface area contributed by atoms with Crippen LogP contribution in [-0.4, -0.2) is 23.5 Å². The summed E-state index contributed by atoms with van der Waals surface area (Å²) in [6, 6.07) is 3.25. The van der Waals surface area contributed by atoms with Crippen LogP contribution in [0.2, 0.25) is 0 Å². The van der Waals surface area contributed by atoms with Gasteiger partial charge in [0.25, 0.3) is 0 Å².